The zero-order valence-electron chi connectivity index (χ0n) is 16.7. The van der Waals surface area contributed by atoms with Gasteiger partial charge in [0.25, 0.3) is 0 Å². The minimum atomic E-state index is -1.31. The molecule has 1 atom stereocenters. The van der Waals surface area contributed by atoms with Crippen LogP contribution in [0, 0.1) is 11.2 Å². The number of hydrogen-bond acceptors (Lipinski definition) is 5. The maximum atomic E-state index is 15.0. The molecule has 0 fully saturated rings. The van der Waals surface area contributed by atoms with Crippen LogP contribution in [0.5, 0.6) is 0 Å². The number of carbonyl (C=O) groups is 1. The summed E-state index contributed by atoms with van der Waals surface area (Å²) in [5.41, 5.74) is 9.57. The molecule has 31 heavy (non-hydrogen) atoms. The molecule has 0 aliphatic rings. The Balaban J connectivity index is 1.93. The number of anilines is 2. The Bertz CT molecular complexity index is 1160. The molecule has 0 radical (unpaired) electrons. The molecule has 0 heterocycles. The zero-order chi connectivity index (χ0) is 22.4. The number of benzene rings is 3. The van der Waals surface area contributed by atoms with Crippen molar-refractivity contribution >= 4 is 30.0 Å². The number of aldehydes is 1. The SMILES string of the molecule is C=CN(c1cccc(/C=C/C=O)c1)C(O)c1ccc(-c2ccc(N)c(C=N)c2)cc1F. The fourth-order valence-electron chi connectivity index (χ4n) is 3.23. The quantitative estimate of drug-likeness (QED) is 0.160. The number of hydrogen-bond donors (Lipinski definition) is 3. The lowest BCUT2D eigenvalue weighted by molar-refractivity contribution is -0.104. The number of aliphatic hydroxyl groups excluding tert-OH is 1. The van der Waals surface area contributed by atoms with E-state index in [-0.39, 0.29) is 5.56 Å². The van der Waals surface area contributed by atoms with E-state index in [9.17, 15) is 14.3 Å². The molecule has 0 aliphatic heterocycles. The first-order chi connectivity index (χ1) is 15.0. The van der Waals surface area contributed by atoms with Crippen LogP contribution in [0.15, 0.2) is 79.5 Å². The summed E-state index contributed by atoms with van der Waals surface area (Å²) < 4.78 is 15.0. The summed E-state index contributed by atoms with van der Waals surface area (Å²) in [6.45, 7) is 3.73. The van der Waals surface area contributed by atoms with E-state index in [4.69, 9.17) is 11.1 Å². The van der Waals surface area contributed by atoms with Crippen LogP contribution in [0.1, 0.15) is 22.9 Å². The van der Waals surface area contributed by atoms with E-state index in [2.05, 4.69) is 6.58 Å². The van der Waals surface area contributed by atoms with Crippen molar-refractivity contribution in [1.82, 2.24) is 0 Å². The third-order valence-electron chi connectivity index (χ3n) is 4.85. The fourth-order valence-corrected chi connectivity index (χ4v) is 3.23. The van der Waals surface area contributed by atoms with Gasteiger partial charge < -0.3 is 21.1 Å². The van der Waals surface area contributed by atoms with Gasteiger partial charge in [-0.15, -0.1) is 0 Å². The van der Waals surface area contributed by atoms with Gasteiger partial charge in [0, 0.05) is 28.7 Å². The maximum absolute atomic E-state index is 15.0. The van der Waals surface area contributed by atoms with Gasteiger partial charge in [-0.2, -0.15) is 0 Å². The van der Waals surface area contributed by atoms with Crippen LogP contribution in [0.3, 0.4) is 0 Å². The van der Waals surface area contributed by atoms with Crippen molar-refractivity contribution < 1.29 is 14.3 Å². The van der Waals surface area contributed by atoms with Gasteiger partial charge in [0.15, 0.2) is 6.23 Å². The standard InChI is InChI=1S/C25H22FN3O2/c1-2-29(21-7-3-5-17(13-21)6-4-12-30)25(31)22-10-8-19(15-23(22)26)18-9-11-24(28)20(14-18)16-27/h2-16,25,27,31H,1,28H2/b6-4+,27-16?. The summed E-state index contributed by atoms with van der Waals surface area (Å²) in [5.74, 6) is -0.581. The number of rotatable bonds is 8. The summed E-state index contributed by atoms with van der Waals surface area (Å²) >= 11 is 0. The molecule has 3 aromatic rings. The van der Waals surface area contributed by atoms with E-state index in [0.29, 0.717) is 34.4 Å². The van der Waals surface area contributed by atoms with Crippen molar-refractivity contribution in [2.45, 2.75) is 6.23 Å². The highest BCUT2D eigenvalue weighted by Crippen LogP contribution is 2.31. The third kappa shape index (κ3) is 4.76. The topological polar surface area (TPSA) is 90.4 Å². The molecule has 1 unspecified atom stereocenters. The molecule has 5 nitrogen and oxygen atoms in total. The van der Waals surface area contributed by atoms with Gasteiger partial charge in [-0.1, -0.05) is 43.0 Å². The van der Waals surface area contributed by atoms with Crippen LogP contribution in [0.25, 0.3) is 17.2 Å². The summed E-state index contributed by atoms with van der Waals surface area (Å²) in [4.78, 5) is 12.0. The average Bonchev–Trinajstić information content (AvgIpc) is 2.78. The molecule has 4 N–H and O–H groups in total. The van der Waals surface area contributed by atoms with Gasteiger partial charge in [0.1, 0.15) is 12.1 Å². The molecule has 156 valence electrons. The van der Waals surface area contributed by atoms with E-state index >= 15 is 0 Å². The van der Waals surface area contributed by atoms with Gasteiger partial charge in [-0.05, 0) is 59.3 Å². The van der Waals surface area contributed by atoms with Gasteiger partial charge in [-0.25, -0.2) is 4.39 Å². The minimum Gasteiger partial charge on any atom is -0.398 e. The molecule has 0 amide bonds. The smallest absolute Gasteiger partial charge is 0.159 e. The Morgan fingerprint density at radius 2 is 1.84 bits per heavy atom. The number of nitrogens with zero attached hydrogens (tertiary/aromatic N) is 1. The molecular formula is C25H22FN3O2. The highest BCUT2D eigenvalue weighted by Gasteiger charge is 2.20. The Morgan fingerprint density at radius 3 is 2.52 bits per heavy atom. The second kappa shape index (κ2) is 9.65. The Kier molecular flexibility index (Phi) is 6.74. The van der Waals surface area contributed by atoms with Crippen molar-refractivity contribution in [2.24, 2.45) is 0 Å². The molecule has 3 rings (SSSR count). The second-order valence-electron chi connectivity index (χ2n) is 6.78. The summed E-state index contributed by atoms with van der Waals surface area (Å²) in [6.07, 6.45) is 4.93. The number of nitrogen functional groups attached to an aromatic ring is 1. The maximum Gasteiger partial charge on any atom is 0.159 e. The number of nitrogens with two attached hydrogens (primary N) is 1. The largest absolute Gasteiger partial charge is 0.398 e. The van der Waals surface area contributed by atoms with E-state index in [0.717, 1.165) is 11.8 Å². The normalized spacial score (nSPS) is 11.8. The molecule has 0 aliphatic carbocycles. The highest BCUT2D eigenvalue weighted by molar-refractivity contribution is 5.87. The van der Waals surface area contributed by atoms with E-state index in [1.54, 1.807) is 48.5 Å². The second-order valence-corrected chi connectivity index (χ2v) is 6.78. The Labute approximate surface area is 180 Å². The van der Waals surface area contributed by atoms with Crippen molar-refractivity contribution in [1.29, 1.82) is 5.41 Å². The molecule has 3 aromatic carbocycles. The van der Waals surface area contributed by atoms with Crippen LogP contribution in [-0.4, -0.2) is 17.6 Å². The van der Waals surface area contributed by atoms with Crippen molar-refractivity contribution in [3.8, 4) is 11.1 Å². The molecular weight excluding hydrogens is 393 g/mol. The number of aliphatic hydroxyl groups is 1. The van der Waals surface area contributed by atoms with Crippen molar-refractivity contribution in [2.75, 3.05) is 10.6 Å². The van der Waals surface area contributed by atoms with Crippen LogP contribution < -0.4 is 10.6 Å². The Hall–Kier alpha value is -4.03. The van der Waals surface area contributed by atoms with Gasteiger partial charge in [0.05, 0.1) is 0 Å². The minimum absolute atomic E-state index is 0.0835. The molecule has 0 spiro atoms. The van der Waals surface area contributed by atoms with Crippen LogP contribution in [0.4, 0.5) is 15.8 Å². The number of halogens is 1. The molecule has 0 aromatic heterocycles. The first-order valence-electron chi connectivity index (χ1n) is 9.49. The van der Waals surface area contributed by atoms with Gasteiger partial charge in [0.2, 0.25) is 0 Å². The molecule has 0 bridgehead atoms. The monoisotopic (exact) mass is 415 g/mol. The molecule has 0 saturated carbocycles. The zero-order valence-corrected chi connectivity index (χ0v) is 16.7. The lowest BCUT2D eigenvalue weighted by Gasteiger charge is -2.27. The number of allylic oxidation sites excluding steroid dienone is 1. The lowest BCUT2D eigenvalue weighted by Crippen LogP contribution is -2.23. The van der Waals surface area contributed by atoms with Gasteiger partial charge in [-0.3, -0.25) is 4.79 Å². The highest BCUT2D eigenvalue weighted by atomic mass is 19.1. The van der Waals surface area contributed by atoms with Crippen molar-refractivity contribution in [3.63, 3.8) is 0 Å². The first kappa shape index (κ1) is 21.7. The number of nitrogens with one attached hydrogen (secondary N) is 1. The van der Waals surface area contributed by atoms with Crippen LogP contribution >= 0.6 is 0 Å². The van der Waals surface area contributed by atoms with E-state index < -0.39 is 12.0 Å². The first-order valence-corrected chi connectivity index (χ1v) is 9.49. The predicted octanol–water partition coefficient (Wildman–Crippen LogP) is 4.93. The summed E-state index contributed by atoms with van der Waals surface area (Å²) in [5, 5.41) is 18.3. The molecule has 6 heteroatoms. The third-order valence-corrected chi connectivity index (χ3v) is 4.85. The Morgan fingerprint density at radius 1 is 1.10 bits per heavy atom. The van der Waals surface area contributed by atoms with Crippen LogP contribution in [-0.2, 0) is 4.79 Å². The van der Waals surface area contributed by atoms with Crippen LogP contribution in [0.2, 0.25) is 0 Å². The summed E-state index contributed by atoms with van der Waals surface area (Å²) in [6, 6.07) is 16.8. The lowest BCUT2D eigenvalue weighted by atomic mass is 10.00. The van der Waals surface area contributed by atoms with E-state index in [1.165, 1.54) is 29.3 Å². The van der Waals surface area contributed by atoms with Gasteiger partial charge >= 0.3 is 0 Å². The fraction of sp³-hybridized carbons (Fsp3) is 0.0400. The summed E-state index contributed by atoms with van der Waals surface area (Å²) in [7, 11) is 0. The average molecular weight is 415 g/mol. The predicted molar refractivity (Wildman–Crippen MR) is 123 cm³/mol. The van der Waals surface area contributed by atoms with Crippen molar-refractivity contribution in [3.05, 3.63) is 102 Å². The number of carbonyl (C=O) groups excluding carboxylic acids is 1. The molecule has 0 saturated heterocycles. The van der Waals surface area contributed by atoms with E-state index in [1.807, 2.05) is 6.07 Å².